The lowest BCUT2D eigenvalue weighted by Crippen LogP contribution is -2.39. The molecule has 0 spiro atoms. The molecule has 3 amide bonds. The van der Waals surface area contributed by atoms with Crippen LogP contribution in [0.1, 0.15) is 59.8 Å². The van der Waals surface area contributed by atoms with E-state index in [0.717, 1.165) is 0 Å². The third-order valence-corrected chi connectivity index (χ3v) is 4.23. The van der Waals surface area contributed by atoms with Crippen molar-refractivity contribution >= 4 is 23.7 Å². The predicted octanol–water partition coefficient (Wildman–Crippen LogP) is 1.23. The summed E-state index contributed by atoms with van der Waals surface area (Å²) in [6.45, 7) is 15.3. The highest BCUT2D eigenvalue weighted by molar-refractivity contribution is 6.01. The van der Waals surface area contributed by atoms with Gasteiger partial charge in [-0.25, -0.2) is 4.79 Å². The number of carbonyl (C=O) groups excluding carboxylic acids is 4. The maximum atomic E-state index is 11.9. The van der Waals surface area contributed by atoms with E-state index < -0.39 is 29.0 Å². The average Bonchev–Trinajstić information content (AvgIpc) is 3.03. The molecule has 0 aromatic heterocycles. The number of hydrogen-bond acceptors (Lipinski definition) is 8. The average molecular weight is 444 g/mol. The van der Waals surface area contributed by atoms with Crippen LogP contribution in [-0.4, -0.2) is 66.3 Å². The molecule has 3 N–H and O–H groups in total. The molecule has 178 valence electrons. The molecule has 0 bridgehead atoms. The van der Waals surface area contributed by atoms with Crippen molar-refractivity contribution in [2.45, 2.75) is 71.0 Å². The number of ether oxygens (including phenoxy) is 2. The second kappa shape index (κ2) is 13.9. The highest BCUT2D eigenvalue weighted by atomic mass is 16.7. The third-order valence-electron chi connectivity index (χ3n) is 4.23. The highest BCUT2D eigenvalue weighted by Gasteiger charge is 2.32. The fourth-order valence-corrected chi connectivity index (χ4v) is 2.43. The molecule has 0 radical (unpaired) electrons. The van der Waals surface area contributed by atoms with Gasteiger partial charge < -0.3 is 25.4 Å². The Hall–Kier alpha value is -2.30. The summed E-state index contributed by atoms with van der Waals surface area (Å²) in [7, 11) is 0. The van der Waals surface area contributed by atoms with Gasteiger partial charge in [0.2, 0.25) is 5.91 Å². The van der Waals surface area contributed by atoms with Crippen molar-refractivity contribution < 1.29 is 33.5 Å². The van der Waals surface area contributed by atoms with Gasteiger partial charge in [0.15, 0.2) is 0 Å². The summed E-state index contributed by atoms with van der Waals surface area (Å²) >= 11 is 0. The van der Waals surface area contributed by atoms with Crippen LogP contribution in [0.2, 0.25) is 0 Å². The molecule has 10 heteroatoms. The van der Waals surface area contributed by atoms with Crippen molar-refractivity contribution in [2.75, 3.05) is 26.3 Å². The Morgan fingerprint density at radius 3 is 2.16 bits per heavy atom. The molecule has 0 aromatic carbocycles. The normalized spacial score (nSPS) is 14.2. The zero-order valence-electron chi connectivity index (χ0n) is 19.2. The van der Waals surface area contributed by atoms with Crippen LogP contribution in [-0.2, 0) is 33.5 Å². The summed E-state index contributed by atoms with van der Waals surface area (Å²) in [5.74, 6) is -2.23. The maximum absolute atomic E-state index is 11.9. The lowest BCUT2D eigenvalue weighted by Gasteiger charge is -2.32. The molecule has 10 nitrogen and oxygen atoms in total. The van der Waals surface area contributed by atoms with Crippen molar-refractivity contribution in [3.63, 3.8) is 0 Å². The smallest absolute Gasteiger partial charge is 0.333 e. The van der Waals surface area contributed by atoms with Gasteiger partial charge in [-0.3, -0.25) is 14.4 Å². The molecule has 0 unspecified atom stereocenters. The van der Waals surface area contributed by atoms with Gasteiger partial charge in [0.25, 0.3) is 11.8 Å². The van der Waals surface area contributed by atoms with Gasteiger partial charge in [-0.2, -0.15) is 0 Å². The topological polar surface area (TPSA) is 137 Å². The summed E-state index contributed by atoms with van der Waals surface area (Å²) in [4.78, 5) is 51.1. The second-order valence-electron chi connectivity index (χ2n) is 8.09. The van der Waals surface area contributed by atoms with Crippen molar-refractivity contribution in [1.82, 2.24) is 10.4 Å². The molecule has 0 aliphatic carbocycles. The van der Waals surface area contributed by atoms with Gasteiger partial charge in [0, 0.05) is 32.4 Å². The summed E-state index contributed by atoms with van der Waals surface area (Å²) in [6.07, 6.45) is 0.292. The molecular weight excluding hydrogens is 406 g/mol. The van der Waals surface area contributed by atoms with Crippen molar-refractivity contribution in [3.8, 4) is 0 Å². The third kappa shape index (κ3) is 12.2. The minimum Gasteiger partial charge on any atom is -0.373 e. The van der Waals surface area contributed by atoms with Gasteiger partial charge in [0.1, 0.15) is 0 Å². The zero-order valence-corrected chi connectivity index (χ0v) is 19.2. The van der Waals surface area contributed by atoms with E-state index >= 15 is 0 Å². The van der Waals surface area contributed by atoms with Gasteiger partial charge in [-0.1, -0.05) is 0 Å². The minimum atomic E-state index is -0.799. The Balaban J connectivity index is 0.00000436. The van der Waals surface area contributed by atoms with E-state index in [9.17, 15) is 19.2 Å². The van der Waals surface area contributed by atoms with Crippen LogP contribution >= 0.6 is 0 Å². The van der Waals surface area contributed by atoms with E-state index in [1.54, 1.807) is 0 Å². The lowest BCUT2D eigenvalue weighted by molar-refractivity contribution is -0.197. The Morgan fingerprint density at radius 1 is 1.03 bits per heavy atom. The molecule has 1 fully saturated rings. The summed E-state index contributed by atoms with van der Waals surface area (Å²) < 4.78 is 11.5. The summed E-state index contributed by atoms with van der Waals surface area (Å²) in [5, 5.41) is 3.19. The van der Waals surface area contributed by atoms with E-state index in [1.165, 1.54) is 0 Å². The Kier molecular flexibility index (Phi) is 12.9. The van der Waals surface area contributed by atoms with Crippen LogP contribution in [0, 0.1) is 0 Å². The van der Waals surface area contributed by atoms with E-state index in [1.807, 2.05) is 27.7 Å². The summed E-state index contributed by atoms with van der Waals surface area (Å²) in [6, 6.07) is 0. The lowest BCUT2D eigenvalue weighted by atomic mass is 10.0. The molecule has 1 saturated heterocycles. The SMILES string of the molecule is C=C.CC(C)(CCNC(=O)CCC(=O)ON1C(=O)CCC1=O)OCC(C)(C)OCCN. The Bertz CT molecular complexity index is 604. The number of hydrogen-bond donors (Lipinski definition) is 2. The molecular formula is C21H37N3O7. The van der Waals surface area contributed by atoms with Crippen LogP contribution in [0.3, 0.4) is 0 Å². The van der Waals surface area contributed by atoms with E-state index in [-0.39, 0.29) is 31.6 Å². The van der Waals surface area contributed by atoms with E-state index in [4.69, 9.17) is 20.0 Å². The van der Waals surface area contributed by atoms with Crippen LogP contribution < -0.4 is 11.1 Å². The number of imide groups is 1. The largest absolute Gasteiger partial charge is 0.373 e. The van der Waals surface area contributed by atoms with Crippen molar-refractivity contribution in [2.24, 2.45) is 5.73 Å². The molecule has 0 aromatic rings. The van der Waals surface area contributed by atoms with Crippen LogP contribution in [0.15, 0.2) is 13.2 Å². The number of nitrogens with zero attached hydrogens (tertiary/aromatic N) is 1. The summed E-state index contributed by atoms with van der Waals surface area (Å²) in [5.41, 5.74) is 4.50. The first-order valence-electron chi connectivity index (χ1n) is 10.3. The molecule has 1 rings (SSSR count). The minimum absolute atomic E-state index is 0.0286. The molecule has 31 heavy (non-hydrogen) atoms. The number of amides is 3. The fourth-order valence-electron chi connectivity index (χ4n) is 2.43. The zero-order chi connectivity index (χ0) is 24.1. The number of nitrogens with two attached hydrogens (primary N) is 1. The Labute approximate surface area is 184 Å². The van der Waals surface area contributed by atoms with Gasteiger partial charge >= 0.3 is 5.97 Å². The number of carbonyl (C=O) groups is 4. The number of nitrogens with one attached hydrogen (secondary N) is 1. The molecule has 0 saturated carbocycles. The quantitative estimate of drug-likeness (QED) is 0.320. The molecule has 0 atom stereocenters. The molecule has 1 aliphatic rings. The van der Waals surface area contributed by atoms with Gasteiger partial charge in [0.05, 0.1) is 30.8 Å². The first-order valence-corrected chi connectivity index (χ1v) is 10.3. The fraction of sp³-hybridized carbons (Fsp3) is 0.714. The second-order valence-corrected chi connectivity index (χ2v) is 8.09. The molecule has 1 heterocycles. The van der Waals surface area contributed by atoms with E-state index in [0.29, 0.717) is 37.8 Å². The van der Waals surface area contributed by atoms with Crippen LogP contribution in [0.5, 0.6) is 0 Å². The van der Waals surface area contributed by atoms with Gasteiger partial charge in [-0.05, 0) is 34.1 Å². The van der Waals surface area contributed by atoms with Gasteiger partial charge in [-0.15, -0.1) is 18.2 Å². The first-order chi connectivity index (χ1) is 14.5. The van der Waals surface area contributed by atoms with E-state index in [2.05, 4.69) is 18.5 Å². The van der Waals surface area contributed by atoms with Crippen LogP contribution in [0.25, 0.3) is 0 Å². The number of rotatable bonds is 13. The van der Waals surface area contributed by atoms with Crippen LogP contribution in [0.4, 0.5) is 0 Å². The standard InChI is InChI=1S/C19H33N3O7.C2H4/c1-18(2,28-13-19(3,4)27-12-10-20)9-11-21-14(23)5-8-17(26)29-22-15(24)6-7-16(22)25;1-2/h5-13,20H2,1-4H3,(H,21,23);1-2H2. The van der Waals surface area contributed by atoms with Crippen molar-refractivity contribution in [3.05, 3.63) is 13.2 Å². The Morgan fingerprint density at radius 2 is 1.61 bits per heavy atom. The molecule has 1 aliphatic heterocycles. The maximum Gasteiger partial charge on any atom is 0.333 e. The monoisotopic (exact) mass is 443 g/mol. The van der Waals surface area contributed by atoms with Crippen molar-refractivity contribution in [1.29, 1.82) is 0 Å². The predicted molar refractivity (Wildman–Crippen MR) is 114 cm³/mol. The highest BCUT2D eigenvalue weighted by Crippen LogP contribution is 2.19. The first kappa shape index (κ1) is 28.7. The number of hydroxylamine groups is 2.